The maximum Gasteiger partial charge on any atom is 0.237 e. The topological polar surface area (TPSA) is 41.1 Å². The molecule has 0 saturated heterocycles. The van der Waals surface area contributed by atoms with E-state index in [4.69, 9.17) is 0 Å². The fraction of sp³-hybridized carbons (Fsp3) is 0.500. The molecule has 0 saturated carbocycles. The summed E-state index contributed by atoms with van der Waals surface area (Å²) in [4.78, 5) is 14.5. The maximum atomic E-state index is 11.6. The predicted molar refractivity (Wildman–Crippen MR) is 75.9 cm³/mol. The molecule has 1 atom stereocenters. The molecule has 98 valence electrons. The fourth-order valence-electron chi connectivity index (χ4n) is 2.15. The van der Waals surface area contributed by atoms with Crippen molar-refractivity contribution in [2.24, 2.45) is 0 Å². The van der Waals surface area contributed by atoms with Crippen LogP contribution in [0.25, 0.3) is 0 Å². The van der Waals surface area contributed by atoms with Crippen molar-refractivity contribution in [2.75, 3.05) is 6.54 Å². The first-order valence-corrected chi connectivity index (χ1v) is 7.25. The molecule has 3 nitrogen and oxygen atoms in total. The van der Waals surface area contributed by atoms with E-state index in [0.717, 1.165) is 6.54 Å². The smallest absolute Gasteiger partial charge is 0.237 e. The molecule has 1 amide bonds. The van der Waals surface area contributed by atoms with Crippen LogP contribution >= 0.6 is 11.3 Å². The highest BCUT2D eigenvalue weighted by Gasteiger charge is 2.16. The number of hydrogen-bond donors (Lipinski definition) is 2. The molecule has 0 spiro atoms. The number of nitrogens with one attached hydrogen (secondary N) is 2. The summed E-state index contributed by atoms with van der Waals surface area (Å²) in [6.07, 6.45) is 5.44. The minimum absolute atomic E-state index is 0.0268. The van der Waals surface area contributed by atoms with Gasteiger partial charge in [-0.05, 0) is 37.8 Å². The van der Waals surface area contributed by atoms with E-state index in [2.05, 4.69) is 23.3 Å². The summed E-state index contributed by atoms with van der Waals surface area (Å²) in [7, 11) is 0. The number of carbonyl (C=O) groups excluding carboxylic acids is 1. The molecular weight excluding hydrogens is 244 g/mol. The van der Waals surface area contributed by atoms with Gasteiger partial charge in [-0.25, -0.2) is 0 Å². The third-order valence-corrected chi connectivity index (χ3v) is 4.43. The number of thiophene rings is 1. The van der Waals surface area contributed by atoms with E-state index in [1.807, 2.05) is 18.3 Å². The van der Waals surface area contributed by atoms with Gasteiger partial charge in [0.2, 0.25) is 5.91 Å². The second kappa shape index (κ2) is 6.16. The van der Waals surface area contributed by atoms with Gasteiger partial charge in [0.05, 0.1) is 6.04 Å². The summed E-state index contributed by atoms with van der Waals surface area (Å²) >= 11 is 1.88. The number of carbonyl (C=O) groups is 1. The van der Waals surface area contributed by atoms with Crippen molar-refractivity contribution < 1.29 is 4.79 Å². The van der Waals surface area contributed by atoms with Crippen molar-refractivity contribution in [3.8, 4) is 0 Å². The fourth-order valence-corrected chi connectivity index (χ4v) is 3.36. The van der Waals surface area contributed by atoms with Crippen molar-refractivity contribution in [3.63, 3.8) is 0 Å². The molecule has 1 aromatic heterocycles. The predicted octanol–water partition coefficient (Wildman–Crippen LogP) is 2.02. The number of aryl methyl sites for hydroxylation is 2. The zero-order valence-corrected chi connectivity index (χ0v) is 11.6. The standard InChI is InChI=1S/C14H20N2OS/c1-3-7-15-14(17)10(2)16-9-12-8-11-5-4-6-13(11)18-12/h3,8,10,16H,1,4-7,9H2,2H3,(H,15,17). The van der Waals surface area contributed by atoms with Crippen LogP contribution in [-0.2, 0) is 24.2 Å². The molecule has 2 N–H and O–H groups in total. The Morgan fingerprint density at radius 2 is 2.44 bits per heavy atom. The molecular formula is C14H20N2OS. The molecule has 2 rings (SSSR count). The summed E-state index contributed by atoms with van der Waals surface area (Å²) in [5.74, 6) is 0.0268. The third-order valence-electron chi connectivity index (χ3n) is 3.19. The van der Waals surface area contributed by atoms with Gasteiger partial charge in [0.1, 0.15) is 0 Å². The minimum Gasteiger partial charge on any atom is -0.351 e. The average molecular weight is 264 g/mol. The molecule has 0 fully saturated rings. The summed E-state index contributed by atoms with van der Waals surface area (Å²) < 4.78 is 0. The van der Waals surface area contributed by atoms with Crippen LogP contribution in [0.5, 0.6) is 0 Å². The van der Waals surface area contributed by atoms with Crippen LogP contribution in [0, 0.1) is 0 Å². The Labute approximate surface area is 112 Å². The molecule has 18 heavy (non-hydrogen) atoms. The number of amides is 1. The lowest BCUT2D eigenvalue weighted by Gasteiger charge is -2.12. The van der Waals surface area contributed by atoms with Gasteiger partial charge in [-0.3, -0.25) is 4.79 Å². The number of rotatable bonds is 6. The minimum atomic E-state index is -0.165. The van der Waals surface area contributed by atoms with Gasteiger partial charge in [0.15, 0.2) is 0 Å². The van der Waals surface area contributed by atoms with Crippen molar-refractivity contribution >= 4 is 17.2 Å². The highest BCUT2D eigenvalue weighted by atomic mass is 32.1. The second-order valence-electron chi connectivity index (χ2n) is 4.65. The molecule has 1 aliphatic carbocycles. The lowest BCUT2D eigenvalue weighted by Crippen LogP contribution is -2.41. The quantitative estimate of drug-likeness (QED) is 0.772. The summed E-state index contributed by atoms with van der Waals surface area (Å²) in [6, 6.07) is 2.12. The summed E-state index contributed by atoms with van der Waals surface area (Å²) in [5, 5.41) is 6.05. The molecule has 1 unspecified atom stereocenters. The zero-order valence-electron chi connectivity index (χ0n) is 10.8. The Morgan fingerprint density at radius 1 is 1.61 bits per heavy atom. The van der Waals surface area contributed by atoms with Crippen LogP contribution in [0.3, 0.4) is 0 Å². The summed E-state index contributed by atoms with van der Waals surface area (Å²) in [6.45, 7) is 6.77. The van der Waals surface area contributed by atoms with Gasteiger partial charge in [0.25, 0.3) is 0 Å². The average Bonchev–Trinajstić information content (AvgIpc) is 2.93. The van der Waals surface area contributed by atoms with E-state index < -0.39 is 0 Å². The lowest BCUT2D eigenvalue weighted by molar-refractivity contribution is -0.122. The van der Waals surface area contributed by atoms with Crippen LogP contribution in [0.15, 0.2) is 18.7 Å². The van der Waals surface area contributed by atoms with E-state index in [1.165, 1.54) is 34.6 Å². The molecule has 1 heterocycles. The second-order valence-corrected chi connectivity index (χ2v) is 5.87. The largest absolute Gasteiger partial charge is 0.351 e. The Balaban J connectivity index is 1.79. The first kappa shape index (κ1) is 13.3. The van der Waals surface area contributed by atoms with E-state index in [-0.39, 0.29) is 11.9 Å². The molecule has 0 bridgehead atoms. The highest BCUT2D eigenvalue weighted by molar-refractivity contribution is 7.12. The Kier molecular flexibility index (Phi) is 4.55. The van der Waals surface area contributed by atoms with Crippen molar-refractivity contribution in [3.05, 3.63) is 34.0 Å². The van der Waals surface area contributed by atoms with Gasteiger partial charge in [0, 0.05) is 22.8 Å². The Hall–Kier alpha value is -1.13. The van der Waals surface area contributed by atoms with Crippen LogP contribution < -0.4 is 10.6 Å². The molecule has 4 heteroatoms. The maximum absolute atomic E-state index is 11.6. The van der Waals surface area contributed by atoms with Gasteiger partial charge < -0.3 is 10.6 Å². The van der Waals surface area contributed by atoms with Gasteiger partial charge in [-0.1, -0.05) is 6.08 Å². The SMILES string of the molecule is C=CCNC(=O)C(C)NCc1cc2c(s1)CCC2. The van der Waals surface area contributed by atoms with Gasteiger partial charge >= 0.3 is 0 Å². The van der Waals surface area contributed by atoms with Crippen molar-refractivity contribution in [1.29, 1.82) is 0 Å². The van der Waals surface area contributed by atoms with E-state index in [9.17, 15) is 4.79 Å². The van der Waals surface area contributed by atoms with Crippen LogP contribution in [0.1, 0.15) is 28.7 Å². The van der Waals surface area contributed by atoms with Crippen molar-refractivity contribution in [1.82, 2.24) is 10.6 Å². The van der Waals surface area contributed by atoms with Gasteiger partial charge in [-0.2, -0.15) is 0 Å². The van der Waals surface area contributed by atoms with Gasteiger partial charge in [-0.15, -0.1) is 17.9 Å². The molecule has 1 aromatic rings. The first-order chi connectivity index (χ1) is 8.70. The van der Waals surface area contributed by atoms with E-state index >= 15 is 0 Å². The third kappa shape index (κ3) is 3.21. The van der Waals surface area contributed by atoms with Crippen LogP contribution in [0.4, 0.5) is 0 Å². The highest BCUT2D eigenvalue weighted by Crippen LogP contribution is 2.30. The van der Waals surface area contributed by atoms with Crippen molar-refractivity contribution in [2.45, 2.75) is 38.8 Å². The Morgan fingerprint density at radius 3 is 3.17 bits per heavy atom. The number of hydrogen-bond acceptors (Lipinski definition) is 3. The number of fused-ring (bicyclic) bond motifs is 1. The summed E-state index contributed by atoms with van der Waals surface area (Å²) in [5.41, 5.74) is 1.51. The van der Waals surface area contributed by atoms with E-state index in [0.29, 0.717) is 6.54 Å². The lowest BCUT2D eigenvalue weighted by atomic mass is 10.2. The van der Waals surface area contributed by atoms with Crippen LogP contribution in [0.2, 0.25) is 0 Å². The monoisotopic (exact) mass is 264 g/mol. The zero-order chi connectivity index (χ0) is 13.0. The Bertz CT molecular complexity index is 418. The normalized spacial score (nSPS) is 15.2. The molecule has 1 aliphatic rings. The first-order valence-electron chi connectivity index (χ1n) is 6.43. The molecule has 0 radical (unpaired) electrons. The van der Waals surface area contributed by atoms with E-state index in [1.54, 1.807) is 6.08 Å². The van der Waals surface area contributed by atoms with Crippen LogP contribution in [-0.4, -0.2) is 18.5 Å². The molecule has 0 aromatic carbocycles. The molecule has 0 aliphatic heterocycles.